The average molecular weight is 395 g/mol. The summed E-state index contributed by atoms with van der Waals surface area (Å²) in [6.07, 6.45) is 1.50. The van der Waals surface area contributed by atoms with Crippen molar-refractivity contribution in [3.05, 3.63) is 45.4 Å². The Morgan fingerprint density at radius 1 is 1.35 bits per heavy atom. The molecule has 1 aromatic carbocycles. The number of aromatic nitrogens is 1. The Labute approximate surface area is 165 Å². The molecule has 0 aliphatic rings. The number of rotatable bonds is 9. The van der Waals surface area contributed by atoms with Gasteiger partial charge in [-0.25, -0.2) is 4.98 Å². The summed E-state index contributed by atoms with van der Waals surface area (Å²) in [5.74, 6) is 1.27. The van der Waals surface area contributed by atoms with Gasteiger partial charge >= 0.3 is 0 Å². The summed E-state index contributed by atoms with van der Waals surface area (Å²) in [6.45, 7) is 9.28. The standard InChI is InChI=1S/C20H27ClN2O2S/c1-5-15(4)23(20(24)9-14(2)3)11-17-13-26-19(22-17)12-25-18-8-6-7-16(21)10-18/h6-8,10,13-15H,5,9,11-12H2,1-4H3/t15-/m1/s1. The average Bonchev–Trinajstić information content (AvgIpc) is 3.04. The van der Waals surface area contributed by atoms with Gasteiger partial charge in [-0.05, 0) is 37.5 Å². The van der Waals surface area contributed by atoms with Gasteiger partial charge in [0, 0.05) is 22.9 Å². The number of nitrogens with zero attached hydrogens (tertiary/aromatic N) is 2. The van der Waals surface area contributed by atoms with Crippen LogP contribution in [0.3, 0.4) is 0 Å². The molecular formula is C20H27ClN2O2S. The number of amides is 1. The highest BCUT2D eigenvalue weighted by Gasteiger charge is 2.21. The molecule has 0 saturated heterocycles. The smallest absolute Gasteiger partial charge is 0.223 e. The van der Waals surface area contributed by atoms with Gasteiger partial charge in [-0.1, -0.05) is 38.4 Å². The van der Waals surface area contributed by atoms with Gasteiger partial charge in [0.2, 0.25) is 5.91 Å². The fourth-order valence-electron chi connectivity index (χ4n) is 2.54. The second-order valence-corrected chi connectivity index (χ2v) is 8.23. The highest BCUT2D eigenvalue weighted by molar-refractivity contribution is 7.09. The van der Waals surface area contributed by atoms with Crippen molar-refractivity contribution in [1.29, 1.82) is 0 Å². The molecule has 0 fully saturated rings. The fraction of sp³-hybridized carbons (Fsp3) is 0.500. The molecule has 1 amide bonds. The minimum Gasteiger partial charge on any atom is -0.486 e. The number of hydrogen-bond acceptors (Lipinski definition) is 4. The van der Waals surface area contributed by atoms with Gasteiger partial charge in [0.25, 0.3) is 0 Å². The van der Waals surface area contributed by atoms with Crippen molar-refractivity contribution in [1.82, 2.24) is 9.88 Å². The van der Waals surface area contributed by atoms with E-state index in [2.05, 4.69) is 32.7 Å². The first-order valence-corrected chi connectivity index (χ1v) is 10.3. The zero-order valence-electron chi connectivity index (χ0n) is 15.9. The van der Waals surface area contributed by atoms with Crippen molar-refractivity contribution in [3.8, 4) is 5.75 Å². The van der Waals surface area contributed by atoms with Gasteiger partial charge < -0.3 is 9.64 Å². The van der Waals surface area contributed by atoms with Gasteiger partial charge in [-0.3, -0.25) is 4.79 Å². The fourth-order valence-corrected chi connectivity index (χ4v) is 3.42. The SMILES string of the molecule is CC[C@@H](C)N(Cc1csc(COc2cccc(Cl)c2)n1)C(=O)CC(C)C. The van der Waals surface area contributed by atoms with E-state index in [9.17, 15) is 4.79 Å². The second-order valence-electron chi connectivity index (χ2n) is 6.86. The number of carbonyl (C=O) groups is 1. The molecule has 2 aromatic rings. The summed E-state index contributed by atoms with van der Waals surface area (Å²) >= 11 is 7.52. The van der Waals surface area contributed by atoms with Gasteiger partial charge in [0.05, 0.1) is 12.2 Å². The normalized spacial score (nSPS) is 12.2. The molecule has 142 valence electrons. The maximum Gasteiger partial charge on any atom is 0.223 e. The molecule has 0 aliphatic heterocycles. The molecule has 1 aromatic heterocycles. The predicted octanol–water partition coefficient (Wildman–Crippen LogP) is 5.55. The highest BCUT2D eigenvalue weighted by atomic mass is 35.5. The van der Waals surface area contributed by atoms with Crippen LogP contribution in [0.15, 0.2) is 29.6 Å². The van der Waals surface area contributed by atoms with Crippen LogP contribution in [-0.2, 0) is 17.9 Å². The largest absolute Gasteiger partial charge is 0.486 e. The van der Waals surface area contributed by atoms with E-state index in [1.807, 2.05) is 28.5 Å². The molecule has 4 nitrogen and oxygen atoms in total. The molecule has 0 N–H and O–H groups in total. The van der Waals surface area contributed by atoms with Crippen LogP contribution in [0.5, 0.6) is 5.75 Å². The third-order valence-electron chi connectivity index (χ3n) is 4.12. The van der Waals surface area contributed by atoms with Crippen LogP contribution in [0, 0.1) is 5.92 Å². The van der Waals surface area contributed by atoms with E-state index in [0.29, 0.717) is 30.5 Å². The Kier molecular flexibility index (Phi) is 7.91. The summed E-state index contributed by atoms with van der Waals surface area (Å²) in [6, 6.07) is 7.53. The Morgan fingerprint density at radius 2 is 2.12 bits per heavy atom. The first-order valence-electron chi connectivity index (χ1n) is 9.00. The Balaban J connectivity index is 1.99. The van der Waals surface area contributed by atoms with Crippen molar-refractivity contribution in [3.63, 3.8) is 0 Å². The molecule has 0 radical (unpaired) electrons. The van der Waals surface area contributed by atoms with Crippen molar-refractivity contribution in [2.24, 2.45) is 5.92 Å². The van der Waals surface area contributed by atoms with E-state index < -0.39 is 0 Å². The molecule has 0 spiro atoms. The van der Waals surface area contributed by atoms with Gasteiger partial charge in [-0.15, -0.1) is 11.3 Å². The lowest BCUT2D eigenvalue weighted by atomic mass is 10.1. The quantitative estimate of drug-likeness (QED) is 0.560. The summed E-state index contributed by atoms with van der Waals surface area (Å²) in [4.78, 5) is 19.1. The molecule has 0 aliphatic carbocycles. The van der Waals surface area contributed by atoms with Crippen molar-refractivity contribution in [2.45, 2.75) is 59.7 Å². The Bertz CT molecular complexity index is 717. The van der Waals surface area contributed by atoms with Crippen molar-refractivity contribution in [2.75, 3.05) is 0 Å². The molecule has 26 heavy (non-hydrogen) atoms. The lowest BCUT2D eigenvalue weighted by Crippen LogP contribution is -2.38. The number of ether oxygens (including phenoxy) is 1. The van der Waals surface area contributed by atoms with Crippen LogP contribution in [0.4, 0.5) is 0 Å². The third kappa shape index (κ3) is 6.29. The summed E-state index contributed by atoms with van der Waals surface area (Å²) in [5, 5.41) is 3.55. The second kappa shape index (κ2) is 9.93. The van der Waals surface area contributed by atoms with Crippen LogP contribution >= 0.6 is 22.9 Å². The molecule has 6 heteroatoms. The number of benzene rings is 1. The molecule has 1 heterocycles. The molecule has 0 unspecified atom stereocenters. The van der Waals surface area contributed by atoms with Crippen molar-refractivity contribution < 1.29 is 9.53 Å². The third-order valence-corrected chi connectivity index (χ3v) is 5.22. The number of thiazole rings is 1. The van der Waals surface area contributed by atoms with E-state index in [1.165, 1.54) is 0 Å². The van der Waals surface area contributed by atoms with Crippen LogP contribution in [0.2, 0.25) is 5.02 Å². The minimum atomic E-state index is 0.194. The summed E-state index contributed by atoms with van der Waals surface area (Å²) < 4.78 is 5.74. The first-order chi connectivity index (χ1) is 12.4. The van der Waals surface area contributed by atoms with Gasteiger partial charge in [-0.2, -0.15) is 0 Å². The lowest BCUT2D eigenvalue weighted by Gasteiger charge is -2.28. The maximum absolute atomic E-state index is 12.6. The number of carbonyl (C=O) groups excluding carboxylic acids is 1. The number of halogens is 1. The predicted molar refractivity (Wildman–Crippen MR) is 108 cm³/mol. The molecule has 2 rings (SSSR count). The molecule has 1 atom stereocenters. The van der Waals surface area contributed by atoms with Crippen LogP contribution < -0.4 is 4.74 Å². The summed E-state index contributed by atoms with van der Waals surface area (Å²) in [7, 11) is 0. The van der Waals surface area contributed by atoms with Gasteiger partial charge in [0.1, 0.15) is 17.4 Å². The molecule has 0 saturated carbocycles. The first kappa shape index (κ1) is 20.7. The minimum absolute atomic E-state index is 0.194. The topological polar surface area (TPSA) is 42.4 Å². The Hall–Kier alpha value is -1.59. The van der Waals surface area contributed by atoms with Crippen molar-refractivity contribution >= 4 is 28.8 Å². The van der Waals surface area contributed by atoms with E-state index >= 15 is 0 Å². The summed E-state index contributed by atoms with van der Waals surface area (Å²) in [5.41, 5.74) is 0.914. The maximum atomic E-state index is 12.6. The highest BCUT2D eigenvalue weighted by Crippen LogP contribution is 2.21. The van der Waals surface area contributed by atoms with E-state index in [1.54, 1.807) is 17.4 Å². The van der Waals surface area contributed by atoms with Crippen LogP contribution in [-0.4, -0.2) is 21.8 Å². The molecule has 0 bridgehead atoms. The lowest BCUT2D eigenvalue weighted by molar-refractivity contribution is -0.134. The number of hydrogen-bond donors (Lipinski definition) is 0. The Morgan fingerprint density at radius 3 is 2.77 bits per heavy atom. The monoisotopic (exact) mass is 394 g/mol. The van der Waals surface area contributed by atoms with E-state index in [0.717, 1.165) is 22.9 Å². The van der Waals surface area contributed by atoms with Gasteiger partial charge in [0.15, 0.2) is 0 Å². The van der Waals surface area contributed by atoms with E-state index in [-0.39, 0.29) is 11.9 Å². The van der Waals surface area contributed by atoms with Crippen LogP contribution in [0.25, 0.3) is 0 Å². The van der Waals surface area contributed by atoms with E-state index in [4.69, 9.17) is 16.3 Å². The van der Waals surface area contributed by atoms with Crippen LogP contribution in [0.1, 0.15) is 51.2 Å². The molecular weight excluding hydrogens is 368 g/mol. The zero-order chi connectivity index (χ0) is 19.1. The zero-order valence-corrected chi connectivity index (χ0v) is 17.4.